The molecule has 0 atom stereocenters. The van der Waals surface area contributed by atoms with Crippen molar-refractivity contribution in [1.29, 1.82) is 0 Å². The third-order valence-corrected chi connectivity index (χ3v) is 2.94. The predicted octanol–water partition coefficient (Wildman–Crippen LogP) is 2.29. The van der Waals surface area contributed by atoms with Crippen molar-refractivity contribution in [3.63, 3.8) is 0 Å². The second-order valence-electron chi connectivity index (χ2n) is 3.82. The highest BCUT2D eigenvalue weighted by Gasteiger charge is 2.09. The Kier molecular flexibility index (Phi) is 2.31. The number of fused-ring (bicyclic) bond motifs is 1. The standard InChI is InChI=1S/C11H12O3S/c1-8-3-4-11-9(5-8)6-10(14-11)7-15(2,12)13/h3-6H,7H2,1-2H3. The predicted molar refractivity (Wildman–Crippen MR) is 59.5 cm³/mol. The molecule has 0 amide bonds. The van der Waals surface area contributed by atoms with E-state index in [0.29, 0.717) is 5.76 Å². The van der Waals surface area contributed by atoms with Crippen LogP contribution in [0.1, 0.15) is 11.3 Å². The number of sulfone groups is 1. The summed E-state index contributed by atoms with van der Waals surface area (Å²) in [4.78, 5) is 0. The van der Waals surface area contributed by atoms with Crippen LogP contribution in [-0.4, -0.2) is 14.7 Å². The molecule has 80 valence electrons. The normalized spacial score (nSPS) is 12.1. The average Bonchev–Trinajstić information content (AvgIpc) is 2.42. The third kappa shape index (κ3) is 2.39. The number of hydrogen-bond donors (Lipinski definition) is 0. The van der Waals surface area contributed by atoms with E-state index in [0.717, 1.165) is 16.5 Å². The lowest BCUT2D eigenvalue weighted by Gasteiger charge is -1.91. The van der Waals surface area contributed by atoms with Crippen LogP contribution < -0.4 is 0 Å². The maximum absolute atomic E-state index is 11.1. The minimum Gasteiger partial charge on any atom is -0.460 e. The first-order valence-electron chi connectivity index (χ1n) is 4.61. The van der Waals surface area contributed by atoms with Gasteiger partial charge in [-0.15, -0.1) is 0 Å². The van der Waals surface area contributed by atoms with Crippen molar-refractivity contribution in [2.24, 2.45) is 0 Å². The van der Waals surface area contributed by atoms with Gasteiger partial charge in [0.2, 0.25) is 0 Å². The third-order valence-electron chi connectivity index (χ3n) is 2.13. The quantitative estimate of drug-likeness (QED) is 0.786. The van der Waals surface area contributed by atoms with E-state index in [1.165, 1.54) is 6.26 Å². The van der Waals surface area contributed by atoms with Crippen molar-refractivity contribution in [2.75, 3.05) is 6.26 Å². The molecule has 2 rings (SSSR count). The molecule has 15 heavy (non-hydrogen) atoms. The van der Waals surface area contributed by atoms with Gasteiger partial charge in [0.05, 0.1) is 0 Å². The molecule has 0 fully saturated rings. The molecule has 1 heterocycles. The summed E-state index contributed by atoms with van der Waals surface area (Å²) in [5, 5.41) is 0.952. The van der Waals surface area contributed by atoms with Crippen LogP contribution in [0.5, 0.6) is 0 Å². The van der Waals surface area contributed by atoms with Gasteiger partial charge in [0.1, 0.15) is 17.1 Å². The number of hydrogen-bond acceptors (Lipinski definition) is 3. The summed E-state index contributed by atoms with van der Waals surface area (Å²) in [6.45, 7) is 1.99. The molecule has 0 spiro atoms. The van der Waals surface area contributed by atoms with Crippen molar-refractivity contribution in [3.8, 4) is 0 Å². The molecule has 4 heteroatoms. The molecule has 0 saturated carbocycles. The topological polar surface area (TPSA) is 47.3 Å². The lowest BCUT2D eigenvalue weighted by molar-refractivity contribution is 0.557. The first-order valence-corrected chi connectivity index (χ1v) is 6.67. The van der Waals surface area contributed by atoms with E-state index in [4.69, 9.17) is 4.42 Å². The van der Waals surface area contributed by atoms with E-state index < -0.39 is 9.84 Å². The van der Waals surface area contributed by atoms with Crippen LogP contribution >= 0.6 is 0 Å². The molecule has 0 aliphatic rings. The van der Waals surface area contributed by atoms with Crippen LogP contribution in [0.2, 0.25) is 0 Å². The zero-order chi connectivity index (χ0) is 11.1. The van der Waals surface area contributed by atoms with Crippen LogP contribution in [0.3, 0.4) is 0 Å². The Labute approximate surface area is 88.6 Å². The lowest BCUT2D eigenvalue weighted by atomic mass is 10.2. The molecule has 0 radical (unpaired) electrons. The molecular formula is C11H12O3S. The summed E-state index contributed by atoms with van der Waals surface area (Å²) in [5.74, 6) is 0.457. The number of benzene rings is 1. The van der Waals surface area contributed by atoms with Gasteiger partial charge in [-0.2, -0.15) is 0 Å². The van der Waals surface area contributed by atoms with Crippen molar-refractivity contribution in [1.82, 2.24) is 0 Å². The van der Waals surface area contributed by atoms with E-state index in [1.54, 1.807) is 6.07 Å². The lowest BCUT2D eigenvalue weighted by Crippen LogP contribution is -1.98. The SMILES string of the molecule is Cc1ccc2oc(CS(C)(=O)=O)cc2c1. The van der Waals surface area contributed by atoms with Crippen molar-refractivity contribution >= 4 is 20.8 Å². The minimum absolute atomic E-state index is 0.0409. The zero-order valence-electron chi connectivity index (χ0n) is 8.65. The fourth-order valence-electron chi connectivity index (χ4n) is 1.55. The highest BCUT2D eigenvalue weighted by Crippen LogP contribution is 2.21. The monoisotopic (exact) mass is 224 g/mol. The summed E-state index contributed by atoms with van der Waals surface area (Å²) in [7, 11) is -3.03. The summed E-state index contributed by atoms with van der Waals surface area (Å²) in [6, 6.07) is 7.56. The van der Waals surface area contributed by atoms with E-state index in [1.807, 2.05) is 25.1 Å². The van der Waals surface area contributed by atoms with Gasteiger partial charge in [-0.1, -0.05) is 11.6 Å². The second kappa shape index (κ2) is 3.38. The van der Waals surface area contributed by atoms with Crippen LogP contribution in [0, 0.1) is 6.92 Å². The molecule has 0 aliphatic heterocycles. The van der Waals surface area contributed by atoms with Gasteiger partial charge in [0.15, 0.2) is 9.84 Å². The van der Waals surface area contributed by atoms with E-state index in [-0.39, 0.29) is 5.75 Å². The van der Waals surface area contributed by atoms with Crippen LogP contribution in [0.4, 0.5) is 0 Å². The summed E-state index contributed by atoms with van der Waals surface area (Å²) in [5.41, 5.74) is 1.87. The Balaban J connectivity index is 2.48. The van der Waals surface area contributed by atoms with Gasteiger partial charge in [-0.05, 0) is 25.1 Å². The van der Waals surface area contributed by atoms with Gasteiger partial charge >= 0.3 is 0 Å². The molecule has 0 saturated heterocycles. The Morgan fingerprint density at radius 2 is 2.00 bits per heavy atom. The van der Waals surface area contributed by atoms with Crippen molar-refractivity contribution < 1.29 is 12.8 Å². The fraction of sp³-hybridized carbons (Fsp3) is 0.273. The highest BCUT2D eigenvalue weighted by atomic mass is 32.2. The van der Waals surface area contributed by atoms with Gasteiger partial charge in [-0.3, -0.25) is 0 Å². The van der Waals surface area contributed by atoms with Crippen LogP contribution in [-0.2, 0) is 15.6 Å². The number of rotatable bonds is 2. The molecule has 3 nitrogen and oxygen atoms in total. The Morgan fingerprint density at radius 3 is 2.67 bits per heavy atom. The Hall–Kier alpha value is -1.29. The van der Waals surface area contributed by atoms with Gasteiger partial charge in [0, 0.05) is 11.6 Å². The van der Waals surface area contributed by atoms with Crippen molar-refractivity contribution in [3.05, 3.63) is 35.6 Å². The number of furan rings is 1. The molecule has 0 aliphatic carbocycles. The zero-order valence-corrected chi connectivity index (χ0v) is 9.47. The van der Waals surface area contributed by atoms with Gasteiger partial charge < -0.3 is 4.42 Å². The first-order chi connectivity index (χ1) is 6.94. The smallest absolute Gasteiger partial charge is 0.154 e. The minimum atomic E-state index is -3.03. The van der Waals surface area contributed by atoms with E-state index in [2.05, 4.69) is 0 Å². The average molecular weight is 224 g/mol. The first kappa shape index (κ1) is 10.2. The second-order valence-corrected chi connectivity index (χ2v) is 5.96. The fourth-order valence-corrected chi connectivity index (χ4v) is 2.21. The van der Waals surface area contributed by atoms with Crippen LogP contribution in [0.25, 0.3) is 11.0 Å². The van der Waals surface area contributed by atoms with Gasteiger partial charge in [0.25, 0.3) is 0 Å². The Bertz CT molecular complexity index is 593. The molecule has 0 N–H and O–H groups in total. The maximum atomic E-state index is 11.1. The number of aryl methyl sites for hydroxylation is 1. The molecule has 1 aromatic heterocycles. The summed E-state index contributed by atoms with van der Waals surface area (Å²) >= 11 is 0. The molecule has 0 unspecified atom stereocenters. The Morgan fingerprint density at radius 1 is 1.27 bits per heavy atom. The maximum Gasteiger partial charge on any atom is 0.154 e. The van der Waals surface area contributed by atoms with Gasteiger partial charge in [-0.25, -0.2) is 8.42 Å². The van der Waals surface area contributed by atoms with Crippen molar-refractivity contribution in [2.45, 2.75) is 12.7 Å². The molecule has 0 bridgehead atoms. The van der Waals surface area contributed by atoms with Crippen LogP contribution in [0.15, 0.2) is 28.7 Å². The van der Waals surface area contributed by atoms with E-state index >= 15 is 0 Å². The summed E-state index contributed by atoms with van der Waals surface area (Å²) in [6.07, 6.45) is 1.20. The largest absolute Gasteiger partial charge is 0.460 e. The molecule has 1 aromatic carbocycles. The highest BCUT2D eigenvalue weighted by molar-refractivity contribution is 7.89. The summed E-state index contributed by atoms with van der Waals surface area (Å²) < 4.78 is 27.6. The van der Waals surface area contributed by atoms with E-state index in [9.17, 15) is 8.42 Å². The molecule has 2 aromatic rings. The molecular weight excluding hydrogens is 212 g/mol.